The molecule has 0 atom stereocenters. The smallest absolute Gasteiger partial charge is 0.409 e. The van der Waals surface area contributed by atoms with Crippen LogP contribution in [-0.2, 0) is 11.3 Å². The molecule has 1 heterocycles. The first-order valence-electron chi connectivity index (χ1n) is 10.3. The predicted molar refractivity (Wildman–Crippen MR) is 109 cm³/mol. The molecule has 1 aromatic rings. The first-order valence-corrected chi connectivity index (χ1v) is 10.3. The lowest BCUT2D eigenvalue weighted by Crippen LogP contribution is -2.48. The number of aryl methyl sites for hydroxylation is 1. The SMILES string of the molecule is CCOC(=O)N1CCC(NC(N)=NCc2ccc(C)cc2OCC2CC2)CC1. The monoisotopic (exact) mass is 388 g/mol. The molecule has 0 radical (unpaired) electrons. The van der Waals surface area contributed by atoms with E-state index in [2.05, 4.69) is 35.4 Å². The van der Waals surface area contributed by atoms with Crippen molar-refractivity contribution in [1.29, 1.82) is 0 Å². The number of aliphatic imine (C=N–C) groups is 1. The Bertz CT molecular complexity index is 695. The van der Waals surface area contributed by atoms with Gasteiger partial charge < -0.3 is 25.4 Å². The summed E-state index contributed by atoms with van der Waals surface area (Å²) < 4.78 is 11.0. The van der Waals surface area contributed by atoms with Crippen molar-refractivity contribution in [2.75, 3.05) is 26.3 Å². The lowest BCUT2D eigenvalue weighted by atomic mass is 10.1. The third-order valence-corrected chi connectivity index (χ3v) is 5.19. The van der Waals surface area contributed by atoms with Crippen LogP contribution in [0.5, 0.6) is 5.75 Å². The number of ether oxygens (including phenoxy) is 2. The molecule has 0 spiro atoms. The number of guanidine groups is 1. The molecular weight excluding hydrogens is 356 g/mol. The van der Waals surface area contributed by atoms with Crippen LogP contribution in [0, 0.1) is 12.8 Å². The highest BCUT2D eigenvalue weighted by atomic mass is 16.6. The third-order valence-electron chi connectivity index (χ3n) is 5.19. The number of rotatable bonds is 7. The van der Waals surface area contributed by atoms with Crippen molar-refractivity contribution in [2.45, 2.75) is 52.1 Å². The molecule has 7 nitrogen and oxygen atoms in total. The molecule has 3 N–H and O–H groups in total. The van der Waals surface area contributed by atoms with Crippen LogP contribution >= 0.6 is 0 Å². The molecule has 1 saturated carbocycles. The second-order valence-corrected chi connectivity index (χ2v) is 7.67. The van der Waals surface area contributed by atoms with Gasteiger partial charge in [-0.05, 0) is 57.1 Å². The van der Waals surface area contributed by atoms with Crippen molar-refractivity contribution >= 4 is 12.1 Å². The fourth-order valence-electron chi connectivity index (χ4n) is 3.27. The fraction of sp³-hybridized carbons (Fsp3) is 0.619. The average molecular weight is 389 g/mol. The predicted octanol–water partition coefficient (Wildman–Crippen LogP) is 2.81. The van der Waals surface area contributed by atoms with Gasteiger partial charge in [-0.2, -0.15) is 0 Å². The molecule has 28 heavy (non-hydrogen) atoms. The number of benzene rings is 1. The molecule has 3 rings (SSSR count). The first-order chi connectivity index (χ1) is 13.5. The standard InChI is InChI=1S/C21H32N4O3/c1-3-27-21(26)25-10-8-18(9-11-25)24-20(22)23-13-17-7-4-15(2)12-19(17)28-14-16-5-6-16/h4,7,12,16,18H,3,5-6,8-11,13-14H2,1-2H3,(H3,22,23,24). The zero-order valence-electron chi connectivity index (χ0n) is 16.9. The summed E-state index contributed by atoms with van der Waals surface area (Å²) in [5.74, 6) is 2.05. The second kappa shape index (κ2) is 9.66. The molecule has 1 saturated heterocycles. The molecule has 154 valence electrons. The van der Waals surface area contributed by atoms with Gasteiger partial charge in [0.25, 0.3) is 0 Å². The number of carbonyl (C=O) groups is 1. The summed E-state index contributed by atoms with van der Waals surface area (Å²) >= 11 is 0. The zero-order valence-corrected chi connectivity index (χ0v) is 16.9. The Hall–Kier alpha value is -2.44. The maximum atomic E-state index is 11.8. The number of nitrogens with zero attached hydrogens (tertiary/aromatic N) is 2. The van der Waals surface area contributed by atoms with E-state index in [1.165, 1.54) is 18.4 Å². The zero-order chi connectivity index (χ0) is 19.9. The molecule has 1 aromatic carbocycles. The Morgan fingerprint density at radius 3 is 2.71 bits per heavy atom. The maximum Gasteiger partial charge on any atom is 0.409 e. The number of hydrogen-bond donors (Lipinski definition) is 2. The highest BCUT2D eigenvalue weighted by Crippen LogP contribution is 2.31. The van der Waals surface area contributed by atoms with Crippen molar-refractivity contribution in [2.24, 2.45) is 16.6 Å². The summed E-state index contributed by atoms with van der Waals surface area (Å²) in [4.78, 5) is 18.0. The molecule has 1 amide bonds. The van der Waals surface area contributed by atoms with Gasteiger partial charge in [-0.15, -0.1) is 0 Å². The summed E-state index contributed by atoms with van der Waals surface area (Å²) in [5.41, 5.74) is 8.33. The molecule has 2 aliphatic rings. The molecule has 1 aliphatic heterocycles. The van der Waals surface area contributed by atoms with Crippen LogP contribution in [-0.4, -0.2) is 49.3 Å². The average Bonchev–Trinajstić information content (AvgIpc) is 3.51. The van der Waals surface area contributed by atoms with E-state index in [0.717, 1.165) is 30.8 Å². The molecule has 1 aliphatic carbocycles. The summed E-state index contributed by atoms with van der Waals surface area (Å²) in [6, 6.07) is 6.43. The minimum Gasteiger partial charge on any atom is -0.493 e. The van der Waals surface area contributed by atoms with Crippen LogP contribution in [0.4, 0.5) is 4.79 Å². The van der Waals surface area contributed by atoms with Crippen molar-refractivity contribution in [3.8, 4) is 5.75 Å². The number of nitrogens with two attached hydrogens (primary N) is 1. The molecular formula is C21H32N4O3. The number of likely N-dealkylation sites (tertiary alicyclic amines) is 1. The van der Waals surface area contributed by atoms with Gasteiger partial charge in [-0.25, -0.2) is 9.79 Å². The van der Waals surface area contributed by atoms with E-state index in [1.807, 2.05) is 6.92 Å². The van der Waals surface area contributed by atoms with E-state index in [1.54, 1.807) is 4.90 Å². The van der Waals surface area contributed by atoms with E-state index in [-0.39, 0.29) is 12.1 Å². The molecule has 0 aromatic heterocycles. The normalized spacial score (nSPS) is 18.1. The Kier molecular flexibility index (Phi) is 7.01. The van der Waals surface area contributed by atoms with Crippen molar-refractivity contribution in [3.63, 3.8) is 0 Å². The summed E-state index contributed by atoms with van der Waals surface area (Å²) in [6.45, 7) is 6.90. The summed E-state index contributed by atoms with van der Waals surface area (Å²) in [7, 11) is 0. The van der Waals surface area contributed by atoms with Crippen molar-refractivity contribution in [1.82, 2.24) is 10.2 Å². The number of hydrogen-bond acceptors (Lipinski definition) is 4. The summed E-state index contributed by atoms with van der Waals surface area (Å²) in [5, 5.41) is 3.28. The highest BCUT2D eigenvalue weighted by molar-refractivity contribution is 5.78. The molecule has 2 fully saturated rings. The Morgan fingerprint density at radius 2 is 2.04 bits per heavy atom. The Balaban J connectivity index is 1.49. The second-order valence-electron chi connectivity index (χ2n) is 7.67. The molecule has 7 heteroatoms. The maximum absolute atomic E-state index is 11.8. The van der Waals surface area contributed by atoms with Gasteiger partial charge in [-0.1, -0.05) is 12.1 Å². The molecule has 0 unspecified atom stereocenters. The minimum absolute atomic E-state index is 0.220. The van der Waals surface area contributed by atoms with E-state index in [9.17, 15) is 4.79 Å². The van der Waals surface area contributed by atoms with Gasteiger partial charge in [0.15, 0.2) is 5.96 Å². The molecule has 0 bridgehead atoms. The Morgan fingerprint density at radius 1 is 1.29 bits per heavy atom. The van der Waals surface area contributed by atoms with Crippen LogP contribution in [0.2, 0.25) is 0 Å². The van der Waals surface area contributed by atoms with Gasteiger partial charge >= 0.3 is 6.09 Å². The van der Waals surface area contributed by atoms with Crippen LogP contribution in [0.15, 0.2) is 23.2 Å². The number of piperidine rings is 1. The lowest BCUT2D eigenvalue weighted by molar-refractivity contribution is 0.0963. The van der Waals surface area contributed by atoms with E-state index >= 15 is 0 Å². The number of carbonyl (C=O) groups excluding carboxylic acids is 1. The topological polar surface area (TPSA) is 89.2 Å². The minimum atomic E-state index is -0.235. The van der Waals surface area contributed by atoms with Crippen LogP contribution in [0.3, 0.4) is 0 Å². The van der Waals surface area contributed by atoms with E-state index < -0.39 is 0 Å². The van der Waals surface area contributed by atoms with Gasteiger partial charge in [0.1, 0.15) is 5.75 Å². The Labute approximate surface area is 167 Å². The van der Waals surface area contributed by atoms with E-state index in [0.29, 0.717) is 38.1 Å². The van der Waals surface area contributed by atoms with E-state index in [4.69, 9.17) is 15.2 Å². The fourth-order valence-corrected chi connectivity index (χ4v) is 3.27. The lowest BCUT2D eigenvalue weighted by Gasteiger charge is -2.31. The van der Waals surface area contributed by atoms with Crippen molar-refractivity contribution < 1.29 is 14.3 Å². The number of nitrogens with one attached hydrogen (secondary N) is 1. The van der Waals surface area contributed by atoms with Gasteiger partial charge in [0, 0.05) is 24.7 Å². The number of amides is 1. The van der Waals surface area contributed by atoms with Crippen LogP contribution in [0.25, 0.3) is 0 Å². The third kappa shape index (κ3) is 6.04. The van der Waals surface area contributed by atoms with Crippen molar-refractivity contribution in [3.05, 3.63) is 29.3 Å². The van der Waals surface area contributed by atoms with Gasteiger partial charge in [0.05, 0.1) is 19.8 Å². The highest BCUT2D eigenvalue weighted by Gasteiger charge is 2.24. The van der Waals surface area contributed by atoms with Crippen LogP contribution < -0.4 is 15.8 Å². The summed E-state index contributed by atoms with van der Waals surface area (Å²) in [6.07, 6.45) is 3.96. The first kappa shape index (κ1) is 20.3. The quantitative estimate of drug-likeness (QED) is 0.554. The van der Waals surface area contributed by atoms with Gasteiger partial charge in [0.2, 0.25) is 0 Å². The largest absolute Gasteiger partial charge is 0.493 e. The van der Waals surface area contributed by atoms with Gasteiger partial charge in [-0.3, -0.25) is 0 Å². The van der Waals surface area contributed by atoms with Crippen LogP contribution in [0.1, 0.15) is 43.7 Å².